The van der Waals surface area contributed by atoms with Gasteiger partial charge in [-0.25, -0.2) is 13.5 Å². The predicted octanol–water partition coefficient (Wildman–Crippen LogP) is 3.63. The highest BCUT2D eigenvalue weighted by atomic mass is 19.1. The van der Waals surface area contributed by atoms with Gasteiger partial charge < -0.3 is 0 Å². The monoisotopic (exact) mass is 318 g/mol. The standard InChI is InChI=1S/C18H20F2N2O/c1-17(2)11-7-8-18(17,3)15-14(11)16(23)22(21(15)4)13-6-5-10(19)9-12(13)20/h5-6,9,11H,7-8H2,1-4H3. The van der Waals surface area contributed by atoms with Crippen LogP contribution in [-0.4, -0.2) is 9.36 Å². The first-order valence-electron chi connectivity index (χ1n) is 7.98. The van der Waals surface area contributed by atoms with Crippen molar-refractivity contribution in [3.05, 3.63) is 51.4 Å². The smallest absolute Gasteiger partial charge is 0.275 e. The van der Waals surface area contributed by atoms with E-state index in [0.29, 0.717) is 0 Å². The van der Waals surface area contributed by atoms with Crippen LogP contribution in [0.4, 0.5) is 8.78 Å². The van der Waals surface area contributed by atoms with Gasteiger partial charge in [0.1, 0.15) is 11.5 Å². The lowest BCUT2D eigenvalue weighted by Gasteiger charge is -2.36. The van der Waals surface area contributed by atoms with Crippen LogP contribution in [0.3, 0.4) is 0 Å². The summed E-state index contributed by atoms with van der Waals surface area (Å²) in [5.41, 5.74) is 1.68. The molecule has 2 aliphatic carbocycles. The maximum atomic E-state index is 14.2. The van der Waals surface area contributed by atoms with Crippen LogP contribution in [-0.2, 0) is 12.5 Å². The Labute approximate surface area is 133 Å². The average Bonchev–Trinajstić information content (AvgIpc) is 2.92. The van der Waals surface area contributed by atoms with E-state index in [4.69, 9.17) is 0 Å². The van der Waals surface area contributed by atoms with Crippen LogP contribution in [0.1, 0.15) is 50.8 Å². The zero-order valence-corrected chi connectivity index (χ0v) is 13.8. The number of nitrogens with zero attached hydrogens (tertiary/aromatic N) is 2. The van der Waals surface area contributed by atoms with Crippen LogP contribution < -0.4 is 5.56 Å². The minimum atomic E-state index is -0.719. The summed E-state index contributed by atoms with van der Waals surface area (Å²) in [6, 6.07) is 3.33. The number of rotatable bonds is 1. The van der Waals surface area contributed by atoms with E-state index in [1.807, 2.05) is 0 Å². The molecule has 0 spiro atoms. The lowest BCUT2D eigenvalue weighted by molar-refractivity contribution is 0.217. The van der Waals surface area contributed by atoms with Crippen LogP contribution in [0, 0.1) is 17.0 Å². The highest BCUT2D eigenvalue weighted by molar-refractivity contribution is 5.47. The molecule has 2 bridgehead atoms. The van der Waals surface area contributed by atoms with Crippen LogP contribution in [0.25, 0.3) is 5.69 Å². The summed E-state index contributed by atoms with van der Waals surface area (Å²) < 4.78 is 30.5. The number of aromatic nitrogens is 2. The third-order valence-electron chi connectivity index (χ3n) is 6.54. The third kappa shape index (κ3) is 1.51. The molecule has 0 N–H and O–H groups in total. The summed E-state index contributed by atoms with van der Waals surface area (Å²) in [4.78, 5) is 13.0. The Hall–Kier alpha value is -1.91. The van der Waals surface area contributed by atoms with E-state index in [9.17, 15) is 13.6 Å². The quantitative estimate of drug-likeness (QED) is 0.789. The lowest BCUT2D eigenvalue weighted by atomic mass is 9.70. The van der Waals surface area contributed by atoms with Gasteiger partial charge in [0.2, 0.25) is 0 Å². The van der Waals surface area contributed by atoms with Gasteiger partial charge in [0, 0.05) is 24.1 Å². The highest BCUT2D eigenvalue weighted by Gasteiger charge is 2.62. The normalized spacial score (nSPS) is 27.5. The fraction of sp³-hybridized carbons (Fsp3) is 0.500. The number of fused-ring (bicyclic) bond motifs is 5. The number of halogens is 2. The molecule has 4 rings (SSSR count). The molecule has 122 valence electrons. The molecule has 2 atom stereocenters. The predicted molar refractivity (Wildman–Crippen MR) is 84.0 cm³/mol. The number of benzene rings is 1. The Morgan fingerprint density at radius 1 is 1.22 bits per heavy atom. The van der Waals surface area contributed by atoms with Gasteiger partial charge in [-0.3, -0.25) is 9.48 Å². The topological polar surface area (TPSA) is 26.9 Å². The van der Waals surface area contributed by atoms with Crippen molar-refractivity contribution in [2.24, 2.45) is 12.5 Å². The first-order valence-corrected chi connectivity index (χ1v) is 7.98. The molecule has 1 aromatic carbocycles. The molecular weight excluding hydrogens is 298 g/mol. The molecule has 1 heterocycles. The van der Waals surface area contributed by atoms with Gasteiger partial charge in [0.05, 0.1) is 5.69 Å². The van der Waals surface area contributed by atoms with E-state index in [1.165, 1.54) is 16.8 Å². The van der Waals surface area contributed by atoms with Crippen molar-refractivity contribution < 1.29 is 8.78 Å². The molecule has 23 heavy (non-hydrogen) atoms. The first-order chi connectivity index (χ1) is 10.7. The molecular formula is C18H20F2N2O. The molecule has 5 heteroatoms. The van der Waals surface area contributed by atoms with Crippen LogP contribution in [0.5, 0.6) is 0 Å². The fourth-order valence-electron chi connectivity index (χ4n) is 4.95. The zero-order valence-electron chi connectivity index (χ0n) is 13.8. The van der Waals surface area contributed by atoms with E-state index in [2.05, 4.69) is 20.8 Å². The van der Waals surface area contributed by atoms with Gasteiger partial charge in [-0.1, -0.05) is 20.8 Å². The second kappa shape index (κ2) is 4.13. The van der Waals surface area contributed by atoms with E-state index in [0.717, 1.165) is 30.2 Å². The molecule has 0 aliphatic heterocycles. The average molecular weight is 318 g/mol. The Bertz CT molecular complexity index is 893. The molecule has 0 saturated heterocycles. The van der Waals surface area contributed by atoms with Crippen molar-refractivity contribution in [1.82, 2.24) is 9.36 Å². The van der Waals surface area contributed by atoms with Gasteiger partial charge >= 0.3 is 0 Å². The van der Waals surface area contributed by atoms with Crippen molar-refractivity contribution in [2.75, 3.05) is 0 Å². The van der Waals surface area contributed by atoms with E-state index < -0.39 is 11.6 Å². The molecule has 1 fully saturated rings. The molecule has 2 aliphatic rings. The van der Waals surface area contributed by atoms with Crippen LogP contribution in [0.15, 0.2) is 23.0 Å². The van der Waals surface area contributed by atoms with Crippen molar-refractivity contribution in [2.45, 2.75) is 44.9 Å². The molecule has 0 radical (unpaired) electrons. The van der Waals surface area contributed by atoms with Crippen molar-refractivity contribution in [1.29, 1.82) is 0 Å². The Morgan fingerprint density at radius 2 is 1.91 bits per heavy atom. The maximum Gasteiger partial charge on any atom is 0.275 e. The third-order valence-corrected chi connectivity index (χ3v) is 6.54. The molecule has 0 amide bonds. The van der Waals surface area contributed by atoms with Crippen molar-refractivity contribution in [3.63, 3.8) is 0 Å². The maximum absolute atomic E-state index is 14.2. The number of hydrogen-bond donors (Lipinski definition) is 0. The molecule has 2 unspecified atom stereocenters. The minimum Gasteiger partial charge on any atom is -0.284 e. The largest absolute Gasteiger partial charge is 0.284 e. The van der Waals surface area contributed by atoms with E-state index in [1.54, 1.807) is 11.7 Å². The Balaban J connectivity index is 2.03. The summed E-state index contributed by atoms with van der Waals surface area (Å²) in [5.74, 6) is -1.16. The lowest BCUT2D eigenvalue weighted by Crippen LogP contribution is -2.35. The summed E-state index contributed by atoms with van der Waals surface area (Å²) in [6.45, 7) is 6.63. The van der Waals surface area contributed by atoms with Crippen LogP contribution >= 0.6 is 0 Å². The highest BCUT2D eigenvalue weighted by Crippen LogP contribution is 2.66. The van der Waals surface area contributed by atoms with Crippen molar-refractivity contribution >= 4 is 0 Å². The van der Waals surface area contributed by atoms with Crippen molar-refractivity contribution in [3.8, 4) is 5.69 Å². The SMILES string of the molecule is Cn1c2c(c(=O)n1-c1ccc(F)cc1F)C1CCC2(C)C1(C)C. The molecule has 2 aromatic rings. The van der Waals surface area contributed by atoms with Gasteiger partial charge in [-0.05, 0) is 36.3 Å². The van der Waals surface area contributed by atoms with Crippen LogP contribution in [0.2, 0.25) is 0 Å². The summed E-state index contributed by atoms with van der Waals surface area (Å²) in [7, 11) is 1.80. The fourth-order valence-corrected chi connectivity index (χ4v) is 4.95. The molecule has 1 aromatic heterocycles. The Kier molecular flexibility index (Phi) is 2.64. The number of hydrogen-bond acceptors (Lipinski definition) is 1. The summed E-state index contributed by atoms with van der Waals surface area (Å²) >= 11 is 0. The molecule has 1 saturated carbocycles. The summed E-state index contributed by atoms with van der Waals surface area (Å²) in [5, 5.41) is 0. The first kappa shape index (κ1) is 14.7. The van der Waals surface area contributed by atoms with Gasteiger partial charge in [-0.2, -0.15) is 0 Å². The molecule has 3 nitrogen and oxygen atoms in total. The van der Waals surface area contributed by atoms with E-state index >= 15 is 0 Å². The Morgan fingerprint density at radius 3 is 2.52 bits per heavy atom. The van der Waals surface area contributed by atoms with Gasteiger partial charge in [-0.15, -0.1) is 0 Å². The second-order valence-corrected chi connectivity index (χ2v) is 7.64. The minimum absolute atomic E-state index is 0.0228. The summed E-state index contributed by atoms with van der Waals surface area (Å²) in [6.07, 6.45) is 2.02. The van der Waals surface area contributed by atoms with Gasteiger partial charge in [0.25, 0.3) is 5.56 Å². The van der Waals surface area contributed by atoms with Gasteiger partial charge in [0.15, 0.2) is 5.82 Å². The van der Waals surface area contributed by atoms with E-state index in [-0.39, 0.29) is 28.0 Å². The zero-order chi connectivity index (χ0) is 16.7. The second-order valence-electron chi connectivity index (χ2n) is 7.64.